The van der Waals surface area contributed by atoms with Crippen molar-refractivity contribution >= 4 is 23.3 Å². The zero-order valence-corrected chi connectivity index (χ0v) is 14.2. The van der Waals surface area contributed by atoms with E-state index < -0.39 is 0 Å². The third kappa shape index (κ3) is 3.60. The number of amides is 2. The number of urea groups is 1. The Kier molecular flexibility index (Phi) is 4.57. The normalized spacial score (nSPS) is 10.6. The monoisotopic (exact) mass is 343 g/mol. The highest BCUT2D eigenvalue weighted by atomic mass is 35.5. The molecule has 0 radical (unpaired) electrons. The molecule has 24 heavy (non-hydrogen) atoms. The van der Waals surface area contributed by atoms with Crippen LogP contribution < -0.4 is 5.32 Å². The summed E-state index contributed by atoms with van der Waals surface area (Å²) in [6.45, 7) is 0.473. The van der Waals surface area contributed by atoms with Crippen LogP contribution in [-0.2, 0) is 13.6 Å². The van der Waals surface area contributed by atoms with Crippen LogP contribution >= 0.6 is 11.6 Å². The predicted octanol–water partition coefficient (Wildman–Crippen LogP) is 3.73. The summed E-state index contributed by atoms with van der Waals surface area (Å²) in [6, 6.07) is 11.2. The minimum atomic E-state index is -0.179. The standard InChI is InChI=1S/C17H18ClN5O/c1-22-10-13(18)9-15(22)11-23(2)17(24)20-14-5-3-12(4-6-14)16-7-8-19-21-16/h3-10H,11H2,1-2H3,(H,19,21)(H,20,24). The molecule has 6 nitrogen and oxygen atoms in total. The Morgan fingerprint density at radius 3 is 2.67 bits per heavy atom. The Morgan fingerprint density at radius 2 is 2.08 bits per heavy atom. The van der Waals surface area contributed by atoms with Gasteiger partial charge in [-0.3, -0.25) is 5.10 Å². The summed E-state index contributed by atoms with van der Waals surface area (Å²) in [5, 5.41) is 10.4. The number of rotatable bonds is 4. The number of aryl methyl sites for hydroxylation is 1. The maximum atomic E-state index is 12.3. The molecule has 2 N–H and O–H groups in total. The molecule has 0 saturated carbocycles. The fraction of sp³-hybridized carbons (Fsp3) is 0.176. The molecule has 0 spiro atoms. The number of carbonyl (C=O) groups is 1. The fourth-order valence-corrected chi connectivity index (χ4v) is 2.68. The van der Waals surface area contributed by atoms with E-state index >= 15 is 0 Å². The molecular weight excluding hydrogens is 326 g/mol. The van der Waals surface area contributed by atoms with E-state index in [4.69, 9.17) is 11.6 Å². The van der Waals surface area contributed by atoms with Crippen molar-refractivity contribution in [3.63, 3.8) is 0 Å². The van der Waals surface area contributed by atoms with E-state index in [1.165, 1.54) is 0 Å². The number of aromatic amines is 1. The first-order valence-corrected chi connectivity index (χ1v) is 7.83. The maximum absolute atomic E-state index is 12.3. The highest BCUT2D eigenvalue weighted by Gasteiger charge is 2.12. The number of nitrogens with one attached hydrogen (secondary N) is 2. The van der Waals surface area contributed by atoms with Gasteiger partial charge >= 0.3 is 6.03 Å². The summed E-state index contributed by atoms with van der Waals surface area (Å²) in [7, 11) is 3.65. The van der Waals surface area contributed by atoms with Crippen LogP contribution in [0.2, 0.25) is 5.02 Å². The highest BCUT2D eigenvalue weighted by molar-refractivity contribution is 6.30. The van der Waals surface area contributed by atoms with Crippen molar-refractivity contribution in [1.82, 2.24) is 19.7 Å². The van der Waals surface area contributed by atoms with Gasteiger partial charge in [-0.15, -0.1) is 0 Å². The fourth-order valence-electron chi connectivity index (χ4n) is 2.41. The average Bonchev–Trinajstić information content (AvgIpc) is 3.18. The number of carbonyl (C=O) groups excluding carboxylic acids is 1. The molecule has 0 saturated heterocycles. The second kappa shape index (κ2) is 6.80. The van der Waals surface area contributed by atoms with Gasteiger partial charge in [0.25, 0.3) is 0 Å². The van der Waals surface area contributed by atoms with Gasteiger partial charge < -0.3 is 14.8 Å². The van der Waals surface area contributed by atoms with Crippen molar-refractivity contribution in [3.05, 3.63) is 59.5 Å². The van der Waals surface area contributed by atoms with Gasteiger partial charge in [-0.05, 0) is 29.8 Å². The van der Waals surface area contributed by atoms with E-state index in [0.29, 0.717) is 11.6 Å². The third-order valence-electron chi connectivity index (χ3n) is 3.77. The molecule has 0 bridgehead atoms. The van der Waals surface area contributed by atoms with Crippen molar-refractivity contribution < 1.29 is 4.79 Å². The Balaban J connectivity index is 1.62. The van der Waals surface area contributed by atoms with Crippen LogP contribution in [0.3, 0.4) is 0 Å². The molecule has 3 rings (SSSR count). The lowest BCUT2D eigenvalue weighted by molar-refractivity contribution is 0.220. The Morgan fingerprint density at radius 1 is 1.33 bits per heavy atom. The number of H-pyrrole nitrogens is 1. The van der Waals surface area contributed by atoms with Crippen molar-refractivity contribution in [2.24, 2.45) is 7.05 Å². The van der Waals surface area contributed by atoms with Crippen molar-refractivity contribution in [3.8, 4) is 11.3 Å². The first-order valence-electron chi connectivity index (χ1n) is 7.45. The summed E-state index contributed by atoms with van der Waals surface area (Å²) >= 11 is 5.97. The molecule has 0 aliphatic heterocycles. The van der Waals surface area contributed by atoms with E-state index in [1.54, 1.807) is 18.1 Å². The summed E-state index contributed by atoms with van der Waals surface area (Å²) < 4.78 is 1.91. The van der Waals surface area contributed by atoms with Gasteiger partial charge in [0.1, 0.15) is 0 Å². The summed E-state index contributed by atoms with van der Waals surface area (Å²) in [5.41, 5.74) is 3.65. The highest BCUT2D eigenvalue weighted by Crippen LogP contribution is 2.19. The molecule has 0 aliphatic rings. The molecule has 0 unspecified atom stereocenters. The molecule has 3 aromatic rings. The Labute approximate surface area is 145 Å². The molecule has 7 heteroatoms. The molecule has 2 heterocycles. The van der Waals surface area contributed by atoms with Crippen LogP contribution in [0.25, 0.3) is 11.3 Å². The van der Waals surface area contributed by atoms with Crippen LogP contribution in [0.5, 0.6) is 0 Å². The summed E-state index contributed by atoms with van der Waals surface area (Å²) in [6.07, 6.45) is 3.52. The molecule has 0 fully saturated rings. The van der Waals surface area contributed by atoms with E-state index in [1.807, 2.05) is 54.2 Å². The van der Waals surface area contributed by atoms with E-state index in [-0.39, 0.29) is 6.03 Å². The zero-order valence-electron chi connectivity index (χ0n) is 13.5. The SMILES string of the molecule is CN(Cc1cc(Cl)cn1C)C(=O)Nc1ccc(-c2ccn[nH]2)cc1. The van der Waals surface area contributed by atoms with Gasteiger partial charge in [0, 0.05) is 37.9 Å². The van der Waals surface area contributed by atoms with Crippen LogP contribution in [0, 0.1) is 0 Å². The number of halogens is 1. The van der Waals surface area contributed by atoms with Crippen LogP contribution in [0.15, 0.2) is 48.8 Å². The quantitative estimate of drug-likeness (QED) is 0.758. The minimum absolute atomic E-state index is 0.179. The topological polar surface area (TPSA) is 66.0 Å². The van der Waals surface area contributed by atoms with Crippen LogP contribution in [-0.4, -0.2) is 32.7 Å². The minimum Gasteiger partial charge on any atom is -0.351 e. The van der Waals surface area contributed by atoms with Gasteiger partial charge in [0.05, 0.1) is 17.3 Å². The van der Waals surface area contributed by atoms with Gasteiger partial charge in [-0.2, -0.15) is 5.10 Å². The lowest BCUT2D eigenvalue weighted by Crippen LogP contribution is -2.31. The molecule has 2 amide bonds. The smallest absolute Gasteiger partial charge is 0.321 e. The van der Waals surface area contributed by atoms with Gasteiger partial charge in [0.15, 0.2) is 0 Å². The molecule has 124 valence electrons. The van der Waals surface area contributed by atoms with E-state index in [0.717, 1.165) is 22.6 Å². The predicted molar refractivity (Wildman–Crippen MR) is 94.9 cm³/mol. The average molecular weight is 344 g/mol. The lowest BCUT2D eigenvalue weighted by Gasteiger charge is -2.18. The third-order valence-corrected chi connectivity index (χ3v) is 3.97. The molecule has 0 aliphatic carbocycles. The number of anilines is 1. The molecule has 2 aromatic heterocycles. The summed E-state index contributed by atoms with van der Waals surface area (Å²) in [4.78, 5) is 13.9. The number of hydrogen-bond acceptors (Lipinski definition) is 2. The van der Waals surface area contributed by atoms with E-state index in [9.17, 15) is 4.79 Å². The van der Waals surface area contributed by atoms with Crippen molar-refractivity contribution in [2.75, 3.05) is 12.4 Å². The molecule has 1 aromatic carbocycles. The molecular formula is C17H18ClN5O. The number of nitrogens with zero attached hydrogens (tertiary/aromatic N) is 3. The van der Waals surface area contributed by atoms with Crippen LogP contribution in [0.1, 0.15) is 5.69 Å². The second-order valence-electron chi connectivity index (χ2n) is 5.59. The number of benzene rings is 1. The first-order chi connectivity index (χ1) is 11.5. The van der Waals surface area contributed by atoms with Crippen molar-refractivity contribution in [1.29, 1.82) is 0 Å². The Hall–Kier alpha value is -2.73. The second-order valence-corrected chi connectivity index (χ2v) is 6.03. The number of aromatic nitrogens is 3. The van der Waals surface area contributed by atoms with Gasteiger partial charge in [-0.25, -0.2) is 4.79 Å². The zero-order chi connectivity index (χ0) is 17.1. The Bertz CT molecular complexity index is 823. The maximum Gasteiger partial charge on any atom is 0.321 e. The summed E-state index contributed by atoms with van der Waals surface area (Å²) in [5.74, 6) is 0. The van der Waals surface area contributed by atoms with Crippen LogP contribution in [0.4, 0.5) is 10.5 Å². The first kappa shape index (κ1) is 16.1. The van der Waals surface area contributed by atoms with Gasteiger partial charge in [0.2, 0.25) is 0 Å². The van der Waals surface area contributed by atoms with E-state index in [2.05, 4.69) is 15.5 Å². The van der Waals surface area contributed by atoms with Crippen molar-refractivity contribution in [2.45, 2.75) is 6.54 Å². The molecule has 0 atom stereocenters. The lowest BCUT2D eigenvalue weighted by atomic mass is 10.1. The number of hydrogen-bond donors (Lipinski definition) is 2. The largest absolute Gasteiger partial charge is 0.351 e. The van der Waals surface area contributed by atoms with Gasteiger partial charge in [-0.1, -0.05) is 23.7 Å².